The summed E-state index contributed by atoms with van der Waals surface area (Å²) in [7, 11) is 0. The van der Waals surface area contributed by atoms with E-state index in [1.54, 1.807) is 12.3 Å². The van der Waals surface area contributed by atoms with Gasteiger partial charge < -0.3 is 10.6 Å². The number of aromatic nitrogens is 1. The zero-order valence-electron chi connectivity index (χ0n) is 11.8. The third-order valence-electron chi connectivity index (χ3n) is 2.90. The smallest absolute Gasteiger partial charge is 0.272 e. The van der Waals surface area contributed by atoms with Crippen LogP contribution < -0.4 is 5.73 Å². The van der Waals surface area contributed by atoms with Gasteiger partial charge in [0, 0.05) is 23.8 Å². The fraction of sp³-hybridized carbons (Fsp3) is 0.571. The molecule has 1 heterocycles. The molecule has 1 aromatic heterocycles. The molecule has 0 unspecified atom stereocenters. The summed E-state index contributed by atoms with van der Waals surface area (Å²) >= 11 is 3.32. The van der Waals surface area contributed by atoms with Crippen LogP contribution in [0, 0.1) is 5.41 Å². The Morgan fingerprint density at radius 2 is 2.16 bits per heavy atom. The van der Waals surface area contributed by atoms with Crippen LogP contribution in [0.3, 0.4) is 0 Å². The number of nitrogens with zero attached hydrogens (tertiary/aromatic N) is 2. The zero-order chi connectivity index (χ0) is 14.5. The second-order valence-electron chi connectivity index (χ2n) is 5.46. The van der Waals surface area contributed by atoms with Gasteiger partial charge in [0.15, 0.2) is 0 Å². The van der Waals surface area contributed by atoms with E-state index in [9.17, 15) is 4.79 Å². The second kappa shape index (κ2) is 7.01. The van der Waals surface area contributed by atoms with Crippen molar-refractivity contribution in [1.29, 1.82) is 0 Å². The second-order valence-corrected chi connectivity index (χ2v) is 6.37. The van der Waals surface area contributed by atoms with Crippen molar-refractivity contribution in [2.75, 3.05) is 19.6 Å². The van der Waals surface area contributed by atoms with Gasteiger partial charge in [-0.25, -0.2) is 4.98 Å². The first-order valence-corrected chi connectivity index (χ1v) is 7.30. The van der Waals surface area contributed by atoms with E-state index in [2.05, 4.69) is 41.7 Å². The summed E-state index contributed by atoms with van der Waals surface area (Å²) in [5, 5.41) is 0. The van der Waals surface area contributed by atoms with Crippen molar-refractivity contribution in [2.45, 2.75) is 27.2 Å². The highest BCUT2D eigenvalue weighted by Gasteiger charge is 2.24. The Hall–Kier alpha value is -0.940. The molecule has 0 bridgehead atoms. The molecule has 0 aliphatic rings. The summed E-state index contributed by atoms with van der Waals surface area (Å²) in [5.41, 5.74) is 6.14. The number of carbonyl (C=O) groups is 1. The fourth-order valence-corrected chi connectivity index (χ4v) is 2.00. The number of halogens is 1. The molecule has 0 radical (unpaired) electrons. The number of hydrogen-bond donors (Lipinski definition) is 1. The van der Waals surface area contributed by atoms with E-state index in [1.165, 1.54) is 0 Å². The summed E-state index contributed by atoms with van der Waals surface area (Å²) in [6.07, 6.45) is 2.56. The van der Waals surface area contributed by atoms with Gasteiger partial charge >= 0.3 is 0 Å². The lowest BCUT2D eigenvalue weighted by Gasteiger charge is -2.31. The molecule has 1 aromatic rings. The first kappa shape index (κ1) is 16.1. The first-order chi connectivity index (χ1) is 8.89. The van der Waals surface area contributed by atoms with Crippen molar-refractivity contribution in [3.05, 3.63) is 28.5 Å². The Labute approximate surface area is 123 Å². The third-order valence-corrected chi connectivity index (χ3v) is 3.37. The minimum atomic E-state index is -0.0831. The average molecular weight is 328 g/mol. The van der Waals surface area contributed by atoms with E-state index in [-0.39, 0.29) is 11.3 Å². The summed E-state index contributed by atoms with van der Waals surface area (Å²) in [5.74, 6) is -0.0316. The minimum Gasteiger partial charge on any atom is -0.337 e. The number of hydrogen-bond acceptors (Lipinski definition) is 3. The highest BCUT2D eigenvalue weighted by atomic mass is 79.9. The van der Waals surface area contributed by atoms with Crippen LogP contribution in [0.2, 0.25) is 0 Å². The van der Waals surface area contributed by atoms with Crippen molar-refractivity contribution in [2.24, 2.45) is 11.1 Å². The average Bonchev–Trinajstić information content (AvgIpc) is 2.38. The maximum atomic E-state index is 12.4. The molecule has 0 spiro atoms. The van der Waals surface area contributed by atoms with Gasteiger partial charge in [-0.15, -0.1) is 0 Å². The molecular weight excluding hydrogens is 306 g/mol. The highest BCUT2D eigenvalue weighted by molar-refractivity contribution is 9.10. The van der Waals surface area contributed by atoms with Crippen LogP contribution in [-0.2, 0) is 0 Å². The maximum absolute atomic E-state index is 12.4. The van der Waals surface area contributed by atoms with Crippen molar-refractivity contribution in [3.63, 3.8) is 0 Å². The first-order valence-electron chi connectivity index (χ1n) is 6.50. The van der Waals surface area contributed by atoms with E-state index in [4.69, 9.17) is 5.73 Å². The van der Waals surface area contributed by atoms with Gasteiger partial charge in [-0.3, -0.25) is 4.79 Å². The molecule has 1 rings (SSSR count). The van der Waals surface area contributed by atoms with Crippen LogP contribution in [-0.4, -0.2) is 35.4 Å². The quantitative estimate of drug-likeness (QED) is 0.873. The summed E-state index contributed by atoms with van der Waals surface area (Å²) in [4.78, 5) is 18.5. The van der Waals surface area contributed by atoms with Gasteiger partial charge in [0.2, 0.25) is 0 Å². The molecule has 1 amide bonds. The normalized spacial score (nSPS) is 11.4. The monoisotopic (exact) mass is 327 g/mol. The summed E-state index contributed by atoms with van der Waals surface area (Å²) in [6, 6.07) is 3.57. The number of nitrogens with two attached hydrogens (primary N) is 1. The predicted octanol–water partition coefficient (Wildman–Crippen LogP) is 2.68. The molecule has 0 aromatic carbocycles. The third kappa shape index (κ3) is 4.91. The number of amides is 1. The van der Waals surface area contributed by atoms with E-state index in [0.29, 0.717) is 18.8 Å². The fourth-order valence-electron chi connectivity index (χ4n) is 1.77. The molecule has 0 saturated heterocycles. The Morgan fingerprint density at radius 1 is 1.47 bits per heavy atom. The molecule has 0 fully saturated rings. The molecule has 0 saturated carbocycles. The molecule has 2 N–H and O–H groups in total. The van der Waals surface area contributed by atoms with Gasteiger partial charge in [-0.1, -0.05) is 20.8 Å². The van der Waals surface area contributed by atoms with Crippen molar-refractivity contribution in [1.82, 2.24) is 9.88 Å². The lowest BCUT2D eigenvalue weighted by atomic mass is 9.93. The number of rotatable bonds is 6. The van der Waals surface area contributed by atoms with Gasteiger partial charge in [0.05, 0.1) is 0 Å². The standard InChI is InChI=1S/C14H22BrN3O/c1-4-7-18(10-14(2,3)9-16)13(19)12-6-5-11(15)8-17-12/h5-6,8H,4,7,9-10,16H2,1-3H3. The minimum absolute atomic E-state index is 0.0316. The Balaban J connectivity index is 2.86. The Bertz CT molecular complexity index is 417. The van der Waals surface area contributed by atoms with Crippen LogP contribution in [0.4, 0.5) is 0 Å². The van der Waals surface area contributed by atoms with Gasteiger partial charge in [-0.05, 0) is 46.4 Å². The van der Waals surface area contributed by atoms with Gasteiger partial charge in [0.25, 0.3) is 5.91 Å². The molecule has 0 atom stereocenters. The van der Waals surface area contributed by atoms with Crippen LogP contribution in [0.1, 0.15) is 37.7 Å². The van der Waals surface area contributed by atoms with Crippen molar-refractivity contribution >= 4 is 21.8 Å². The van der Waals surface area contributed by atoms with E-state index in [0.717, 1.165) is 17.4 Å². The summed E-state index contributed by atoms with van der Waals surface area (Å²) < 4.78 is 0.869. The molecule has 5 heteroatoms. The largest absolute Gasteiger partial charge is 0.337 e. The lowest BCUT2D eigenvalue weighted by Crippen LogP contribution is -2.42. The van der Waals surface area contributed by atoms with Gasteiger partial charge in [0.1, 0.15) is 5.69 Å². The topological polar surface area (TPSA) is 59.2 Å². The molecule has 4 nitrogen and oxygen atoms in total. The van der Waals surface area contributed by atoms with Gasteiger partial charge in [-0.2, -0.15) is 0 Å². The van der Waals surface area contributed by atoms with E-state index >= 15 is 0 Å². The SMILES string of the molecule is CCCN(CC(C)(C)CN)C(=O)c1ccc(Br)cn1. The predicted molar refractivity (Wildman–Crippen MR) is 81.0 cm³/mol. The van der Waals surface area contributed by atoms with Crippen LogP contribution in [0.25, 0.3) is 0 Å². The lowest BCUT2D eigenvalue weighted by molar-refractivity contribution is 0.0683. The molecule has 106 valence electrons. The Kier molecular flexibility index (Phi) is 5.94. The molecule has 0 aliphatic heterocycles. The highest BCUT2D eigenvalue weighted by Crippen LogP contribution is 2.17. The van der Waals surface area contributed by atoms with Crippen molar-refractivity contribution < 1.29 is 4.79 Å². The molecule has 19 heavy (non-hydrogen) atoms. The molecular formula is C14H22BrN3O. The van der Waals surface area contributed by atoms with Crippen LogP contribution in [0.5, 0.6) is 0 Å². The summed E-state index contributed by atoms with van der Waals surface area (Å²) in [6.45, 7) is 8.11. The number of carbonyl (C=O) groups excluding carboxylic acids is 1. The van der Waals surface area contributed by atoms with Crippen LogP contribution in [0.15, 0.2) is 22.8 Å². The maximum Gasteiger partial charge on any atom is 0.272 e. The van der Waals surface area contributed by atoms with E-state index in [1.807, 2.05) is 11.0 Å². The van der Waals surface area contributed by atoms with Crippen LogP contribution >= 0.6 is 15.9 Å². The zero-order valence-corrected chi connectivity index (χ0v) is 13.4. The molecule has 0 aliphatic carbocycles. The Morgan fingerprint density at radius 3 is 2.63 bits per heavy atom. The number of pyridine rings is 1. The van der Waals surface area contributed by atoms with Crippen molar-refractivity contribution in [3.8, 4) is 0 Å². The van der Waals surface area contributed by atoms with E-state index < -0.39 is 0 Å².